The van der Waals surface area contributed by atoms with E-state index in [4.69, 9.17) is 4.74 Å². The van der Waals surface area contributed by atoms with E-state index in [-0.39, 0.29) is 18.4 Å². The van der Waals surface area contributed by atoms with Crippen LogP contribution in [0, 0.1) is 0 Å². The Labute approximate surface area is 131 Å². The summed E-state index contributed by atoms with van der Waals surface area (Å²) in [5, 5.41) is 0. The SMILES string of the molecule is CCC(C)Oc1ccccc1/C=C/C(=O)N1CCCS1(=O)=O. The molecule has 0 aromatic heterocycles. The maximum absolute atomic E-state index is 12.0. The summed E-state index contributed by atoms with van der Waals surface area (Å²) in [4.78, 5) is 12.0. The fourth-order valence-corrected chi connectivity index (χ4v) is 3.61. The van der Waals surface area contributed by atoms with Crippen molar-refractivity contribution in [1.82, 2.24) is 4.31 Å². The number of rotatable bonds is 5. The summed E-state index contributed by atoms with van der Waals surface area (Å²) >= 11 is 0. The monoisotopic (exact) mass is 323 g/mol. The molecule has 0 saturated carbocycles. The van der Waals surface area contributed by atoms with Crippen molar-refractivity contribution in [3.63, 3.8) is 0 Å². The molecule has 2 rings (SSSR count). The predicted octanol–water partition coefficient (Wildman–Crippen LogP) is 2.44. The van der Waals surface area contributed by atoms with E-state index in [2.05, 4.69) is 0 Å². The molecule has 0 bridgehead atoms. The second-order valence-electron chi connectivity index (χ2n) is 5.29. The van der Waals surface area contributed by atoms with E-state index in [1.54, 1.807) is 6.08 Å². The fourth-order valence-electron chi connectivity index (χ4n) is 2.16. The molecule has 1 aliphatic rings. The molecule has 1 saturated heterocycles. The molecule has 5 nitrogen and oxygen atoms in total. The van der Waals surface area contributed by atoms with Crippen LogP contribution in [0.4, 0.5) is 0 Å². The molecule has 1 aromatic carbocycles. The first kappa shape index (κ1) is 16.5. The van der Waals surface area contributed by atoms with Crippen LogP contribution in [0.3, 0.4) is 0 Å². The molecular weight excluding hydrogens is 302 g/mol. The minimum absolute atomic E-state index is 0.0420. The summed E-state index contributed by atoms with van der Waals surface area (Å²) in [6, 6.07) is 7.38. The molecule has 22 heavy (non-hydrogen) atoms. The molecule has 0 aliphatic carbocycles. The van der Waals surface area contributed by atoms with Crippen LogP contribution in [0.5, 0.6) is 5.75 Å². The highest BCUT2D eigenvalue weighted by Gasteiger charge is 2.31. The highest BCUT2D eigenvalue weighted by atomic mass is 32.2. The Kier molecular flexibility index (Phi) is 5.24. The van der Waals surface area contributed by atoms with Gasteiger partial charge < -0.3 is 4.74 Å². The highest BCUT2D eigenvalue weighted by Crippen LogP contribution is 2.22. The first-order chi connectivity index (χ1) is 10.4. The number of para-hydroxylation sites is 1. The number of amides is 1. The summed E-state index contributed by atoms with van der Waals surface area (Å²) in [5.74, 6) is 0.223. The quantitative estimate of drug-likeness (QED) is 0.781. The lowest BCUT2D eigenvalue weighted by Crippen LogP contribution is -2.30. The van der Waals surface area contributed by atoms with E-state index in [1.165, 1.54) is 6.08 Å². The van der Waals surface area contributed by atoms with Gasteiger partial charge in [0, 0.05) is 18.2 Å². The lowest BCUT2D eigenvalue weighted by molar-refractivity contribution is -0.121. The van der Waals surface area contributed by atoms with E-state index in [0.717, 1.165) is 16.3 Å². The topological polar surface area (TPSA) is 63.7 Å². The van der Waals surface area contributed by atoms with Crippen LogP contribution in [-0.4, -0.2) is 37.0 Å². The Morgan fingerprint density at radius 1 is 1.41 bits per heavy atom. The van der Waals surface area contributed by atoms with Crippen molar-refractivity contribution in [3.8, 4) is 5.75 Å². The number of carbonyl (C=O) groups excluding carboxylic acids is 1. The fraction of sp³-hybridized carbons (Fsp3) is 0.438. The largest absolute Gasteiger partial charge is 0.490 e. The summed E-state index contributed by atoms with van der Waals surface area (Å²) in [7, 11) is -3.42. The molecule has 1 heterocycles. The van der Waals surface area contributed by atoms with Gasteiger partial charge >= 0.3 is 0 Å². The molecule has 1 unspecified atom stereocenters. The lowest BCUT2D eigenvalue weighted by atomic mass is 10.2. The standard InChI is InChI=1S/C16H21NO4S/c1-3-13(2)21-15-8-5-4-7-14(15)9-10-16(18)17-11-6-12-22(17,19)20/h4-5,7-10,13H,3,6,11-12H2,1-2H3/b10-9+. The second-order valence-corrected chi connectivity index (χ2v) is 7.30. The van der Waals surface area contributed by atoms with Crippen molar-refractivity contribution in [3.05, 3.63) is 35.9 Å². The Morgan fingerprint density at radius 3 is 2.77 bits per heavy atom. The maximum Gasteiger partial charge on any atom is 0.260 e. The summed E-state index contributed by atoms with van der Waals surface area (Å²) in [6.07, 6.45) is 4.35. The van der Waals surface area contributed by atoms with Crippen LogP contribution in [-0.2, 0) is 14.8 Å². The van der Waals surface area contributed by atoms with E-state index >= 15 is 0 Å². The maximum atomic E-state index is 12.0. The molecule has 0 N–H and O–H groups in total. The number of nitrogens with zero attached hydrogens (tertiary/aromatic N) is 1. The number of hydrogen-bond donors (Lipinski definition) is 0. The molecule has 0 spiro atoms. The first-order valence-corrected chi connectivity index (χ1v) is 9.03. The van der Waals surface area contributed by atoms with Crippen LogP contribution in [0.15, 0.2) is 30.3 Å². The normalized spacial score (nSPS) is 18.5. The van der Waals surface area contributed by atoms with Gasteiger partial charge in [-0.1, -0.05) is 25.1 Å². The van der Waals surface area contributed by atoms with Crippen molar-refractivity contribution < 1.29 is 17.9 Å². The first-order valence-electron chi connectivity index (χ1n) is 7.42. The highest BCUT2D eigenvalue weighted by molar-refractivity contribution is 7.89. The van der Waals surface area contributed by atoms with Gasteiger partial charge in [0.25, 0.3) is 5.91 Å². The smallest absolute Gasteiger partial charge is 0.260 e. The number of sulfonamides is 1. The molecule has 1 atom stereocenters. The van der Waals surface area contributed by atoms with Crippen molar-refractivity contribution in [2.75, 3.05) is 12.3 Å². The van der Waals surface area contributed by atoms with E-state index in [1.807, 2.05) is 38.1 Å². The van der Waals surface area contributed by atoms with E-state index < -0.39 is 15.9 Å². The molecule has 1 aromatic rings. The Balaban J connectivity index is 2.15. The summed E-state index contributed by atoms with van der Waals surface area (Å²) in [5.41, 5.74) is 0.757. The number of carbonyl (C=O) groups is 1. The average Bonchev–Trinajstić information content (AvgIpc) is 2.85. The van der Waals surface area contributed by atoms with Crippen molar-refractivity contribution >= 4 is 22.0 Å². The number of ether oxygens (including phenoxy) is 1. The van der Waals surface area contributed by atoms with Gasteiger partial charge in [0.05, 0.1) is 11.9 Å². The summed E-state index contributed by atoms with van der Waals surface area (Å²) < 4.78 is 30.2. The third-order valence-electron chi connectivity index (χ3n) is 3.57. The van der Waals surface area contributed by atoms with Crippen LogP contribution < -0.4 is 4.74 Å². The van der Waals surface area contributed by atoms with Crippen molar-refractivity contribution in [2.45, 2.75) is 32.8 Å². The Bertz CT molecular complexity index is 666. The minimum Gasteiger partial charge on any atom is -0.490 e. The summed E-state index contributed by atoms with van der Waals surface area (Å²) in [6.45, 7) is 4.27. The zero-order valence-electron chi connectivity index (χ0n) is 12.9. The number of hydrogen-bond acceptors (Lipinski definition) is 4. The van der Waals surface area contributed by atoms with Gasteiger partial charge in [-0.3, -0.25) is 4.79 Å². The Hall–Kier alpha value is -1.82. The van der Waals surface area contributed by atoms with Gasteiger partial charge in [0.15, 0.2) is 0 Å². The van der Waals surface area contributed by atoms with Crippen LogP contribution in [0.1, 0.15) is 32.3 Å². The van der Waals surface area contributed by atoms with E-state index in [9.17, 15) is 13.2 Å². The minimum atomic E-state index is -3.42. The van der Waals surface area contributed by atoms with Crippen molar-refractivity contribution in [2.24, 2.45) is 0 Å². The molecular formula is C16H21NO4S. The van der Waals surface area contributed by atoms with Gasteiger partial charge in [0.1, 0.15) is 5.75 Å². The zero-order valence-corrected chi connectivity index (χ0v) is 13.7. The molecule has 1 aliphatic heterocycles. The molecule has 1 amide bonds. The van der Waals surface area contributed by atoms with Gasteiger partial charge in [-0.15, -0.1) is 0 Å². The average molecular weight is 323 g/mol. The second kappa shape index (κ2) is 6.96. The van der Waals surface area contributed by atoms with Gasteiger partial charge in [-0.25, -0.2) is 12.7 Å². The van der Waals surface area contributed by atoms with E-state index in [0.29, 0.717) is 12.2 Å². The Morgan fingerprint density at radius 2 is 2.14 bits per heavy atom. The van der Waals surface area contributed by atoms with Crippen LogP contribution >= 0.6 is 0 Å². The molecule has 120 valence electrons. The van der Waals surface area contributed by atoms with Gasteiger partial charge in [-0.05, 0) is 31.9 Å². The number of benzene rings is 1. The van der Waals surface area contributed by atoms with Gasteiger partial charge in [0.2, 0.25) is 10.0 Å². The van der Waals surface area contributed by atoms with Crippen LogP contribution in [0.25, 0.3) is 6.08 Å². The molecule has 0 radical (unpaired) electrons. The zero-order chi connectivity index (χ0) is 16.2. The molecule has 6 heteroatoms. The third kappa shape index (κ3) is 3.88. The predicted molar refractivity (Wildman–Crippen MR) is 86.0 cm³/mol. The van der Waals surface area contributed by atoms with Crippen molar-refractivity contribution in [1.29, 1.82) is 0 Å². The van der Waals surface area contributed by atoms with Crippen LogP contribution in [0.2, 0.25) is 0 Å². The third-order valence-corrected chi connectivity index (χ3v) is 5.41. The van der Waals surface area contributed by atoms with Gasteiger partial charge in [-0.2, -0.15) is 0 Å². The lowest BCUT2D eigenvalue weighted by Gasteiger charge is -2.15. The molecule has 1 fully saturated rings.